The summed E-state index contributed by atoms with van der Waals surface area (Å²) in [5.41, 5.74) is 0.573. The first kappa shape index (κ1) is 15.3. The highest BCUT2D eigenvalue weighted by Crippen LogP contribution is 2.36. The Balaban J connectivity index is 1.95. The SMILES string of the molecule is CCNCC1(CN2CCCC(C)C2)CCCCCC1. The van der Waals surface area contributed by atoms with Crippen LogP contribution >= 0.6 is 0 Å². The number of piperidine rings is 1. The van der Waals surface area contributed by atoms with Gasteiger partial charge in [-0.25, -0.2) is 0 Å². The first-order valence-electron chi connectivity index (χ1n) is 8.67. The molecule has 2 aliphatic rings. The van der Waals surface area contributed by atoms with Crippen molar-refractivity contribution in [1.29, 1.82) is 0 Å². The first-order chi connectivity index (χ1) is 9.24. The van der Waals surface area contributed by atoms with Crippen LogP contribution in [-0.4, -0.2) is 37.6 Å². The minimum absolute atomic E-state index is 0.573. The van der Waals surface area contributed by atoms with Crippen LogP contribution in [0.3, 0.4) is 0 Å². The molecule has 2 heteroatoms. The predicted molar refractivity (Wildman–Crippen MR) is 83.5 cm³/mol. The minimum atomic E-state index is 0.573. The Morgan fingerprint density at radius 3 is 2.47 bits per heavy atom. The Bertz CT molecular complexity index is 244. The number of rotatable bonds is 5. The summed E-state index contributed by atoms with van der Waals surface area (Å²) in [4.78, 5) is 2.77. The normalized spacial score (nSPS) is 29.1. The second-order valence-corrected chi connectivity index (χ2v) is 7.18. The second-order valence-electron chi connectivity index (χ2n) is 7.18. The zero-order chi connectivity index (χ0) is 13.6. The fourth-order valence-electron chi connectivity index (χ4n) is 4.16. The van der Waals surface area contributed by atoms with E-state index in [1.807, 2.05) is 0 Å². The second kappa shape index (κ2) is 7.64. The van der Waals surface area contributed by atoms with Crippen molar-refractivity contribution in [3.63, 3.8) is 0 Å². The molecule has 112 valence electrons. The predicted octanol–water partition coefficient (Wildman–Crippen LogP) is 3.67. The van der Waals surface area contributed by atoms with Gasteiger partial charge in [-0.3, -0.25) is 0 Å². The van der Waals surface area contributed by atoms with E-state index >= 15 is 0 Å². The van der Waals surface area contributed by atoms with Gasteiger partial charge in [-0.05, 0) is 50.1 Å². The Hall–Kier alpha value is -0.0800. The summed E-state index contributed by atoms with van der Waals surface area (Å²) in [6, 6.07) is 0. The Kier molecular flexibility index (Phi) is 6.15. The molecular weight excluding hydrogens is 232 g/mol. The number of hydrogen-bond donors (Lipinski definition) is 1. The molecule has 2 nitrogen and oxygen atoms in total. The molecule has 1 aliphatic heterocycles. The molecule has 0 aromatic carbocycles. The van der Waals surface area contributed by atoms with Crippen LogP contribution in [0, 0.1) is 11.3 Å². The number of hydrogen-bond acceptors (Lipinski definition) is 2. The molecule has 0 aromatic heterocycles. The maximum absolute atomic E-state index is 3.66. The Morgan fingerprint density at radius 2 is 1.84 bits per heavy atom. The van der Waals surface area contributed by atoms with E-state index in [1.165, 1.54) is 77.5 Å². The Morgan fingerprint density at radius 1 is 1.11 bits per heavy atom. The summed E-state index contributed by atoms with van der Waals surface area (Å²) in [5.74, 6) is 0.913. The van der Waals surface area contributed by atoms with Crippen LogP contribution in [0.5, 0.6) is 0 Å². The fourth-order valence-corrected chi connectivity index (χ4v) is 4.16. The first-order valence-corrected chi connectivity index (χ1v) is 8.67. The van der Waals surface area contributed by atoms with Crippen molar-refractivity contribution in [2.24, 2.45) is 11.3 Å². The van der Waals surface area contributed by atoms with Crippen LogP contribution in [0.2, 0.25) is 0 Å². The molecule has 0 radical (unpaired) electrons. The van der Waals surface area contributed by atoms with Crippen LogP contribution in [0.15, 0.2) is 0 Å². The van der Waals surface area contributed by atoms with Gasteiger partial charge in [0.25, 0.3) is 0 Å². The van der Waals surface area contributed by atoms with E-state index in [9.17, 15) is 0 Å². The molecule has 0 aromatic rings. The molecule has 1 unspecified atom stereocenters. The molecular formula is C17H34N2. The third kappa shape index (κ3) is 4.75. The van der Waals surface area contributed by atoms with E-state index in [2.05, 4.69) is 24.1 Å². The lowest BCUT2D eigenvalue weighted by Crippen LogP contribution is -2.47. The quantitative estimate of drug-likeness (QED) is 0.764. The van der Waals surface area contributed by atoms with Gasteiger partial charge in [0.05, 0.1) is 0 Å². The molecule has 1 atom stereocenters. The maximum Gasteiger partial charge on any atom is 0.00503 e. The molecule has 0 spiro atoms. The average molecular weight is 266 g/mol. The van der Waals surface area contributed by atoms with Crippen molar-refractivity contribution in [2.45, 2.75) is 65.2 Å². The third-order valence-corrected chi connectivity index (χ3v) is 5.21. The van der Waals surface area contributed by atoms with Gasteiger partial charge in [-0.1, -0.05) is 39.5 Å². The summed E-state index contributed by atoms with van der Waals surface area (Å²) >= 11 is 0. The van der Waals surface area contributed by atoms with Crippen molar-refractivity contribution < 1.29 is 0 Å². The van der Waals surface area contributed by atoms with Gasteiger partial charge >= 0.3 is 0 Å². The van der Waals surface area contributed by atoms with Crippen molar-refractivity contribution in [2.75, 3.05) is 32.7 Å². The number of nitrogens with zero attached hydrogens (tertiary/aromatic N) is 1. The lowest BCUT2D eigenvalue weighted by molar-refractivity contribution is 0.0932. The molecule has 0 amide bonds. The lowest BCUT2D eigenvalue weighted by Gasteiger charge is -2.41. The summed E-state index contributed by atoms with van der Waals surface area (Å²) in [6.07, 6.45) is 11.6. The summed E-state index contributed by atoms with van der Waals surface area (Å²) in [6.45, 7) is 11.1. The lowest BCUT2D eigenvalue weighted by atomic mass is 9.79. The maximum atomic E-state index is 3.66. The van der Waals surface area contributed by atoms with Gasteiger partial charge in [0, 0.05) is 19.6 Å². The monoisotopic (exact) mass is 266 g/mol. The van der Waals surface area contributed by atoms with Gasteiger partial charge < -0.3 is 10.2 Å². The van der Waals surface area contributed by atoms with Gasteiger partial charge in [0.1, 0.15) is 0 Å². The van der Waals surface area contributed by atoms with E-state index in [0.29, 0.717) is 5.41 Å². The summed E-state index contributed by atoms with van der Waals surface area (Å²) in [7, 11) is 0. The van der Waals surface area contributed by atoms with Gasteiger partial charge in [0.2, 0.25) is 0 Å². The highest BCUT2D eigenvalue weighted by Gasteiger charge is 2.33. The molecule has 2 rings (SSSR count). The molecule has 1 N–H and O–H groups in total. The topological polar surface area (TPSA) is 15.3 Å². The van der Waals surface area contributed by atoms with Crippen LogP contribution in [0.25, 0.3) is 0 Å². The molecule has 19 heavy (non-hydrogen) atoms. The average Bonchev–Trinajstić information content (AvgIpc) is 2.63. The van der Waals surface area contributed by atoms with E-state index in [-0.39, 0.29) is 0 Å². The van der Waals surface area contributed by atoms with Crippen LogP contribution < -0.4 is 5.32 Å². The number of likely N-dealkylation sites (tertiary alicyclic amines) is 1. The van der Waals surface area contributed by atoms with Crippen molar-refractivity contribution in [3.05, 3.63) is 0 Å². The zero-order valence-electron chi connectivity index (χ0n) is 13.2. The number of nitrogens with one attached hydrogen (secondary N) is 1. The molecule has 1 saturated carbocycles. The van der Waals surface area contributed by atoms with Gasteiger partial charge in [-0.15, -0.1) is 0 Å². The van der Waals surface area contributed by atoms with E-state index in [0.717, 1.165) is 12.5 Å². The smallest absolute Gasteiger partial charge is 0.00503 e. The zero-order valence-corrected chi connectivity index (χ0v) is 13.2. The molecule has 0 bridgehead atoms. The summed E-state index contributed by atoms with van der Waals surface area (Å²) < 4.78 is 0. The van der Waals surface area contributed by atoms with Gasteiger partial charge in [0.15, 0.2) is 0 Å². The molecule has 1 saturated heterocycles. The fraction of sp³-hybridized carbons (Fsp3) is 1.00. The highest BCUT2D eigenvalue weighted by atomic mass is 15.1. The van der Waals surface area contributed by atoms with Gasteiger partial charge in [-0.2, -0.15) is 0 Å². The summed E-state index contributed by atoms with van der Waals surface area (Å²) in [5, 5.41) is 3.66. The minimum Gasteiger partial charge on any atom is -0.316 e. The largest absolute Gasteiger partial charge is 0.316 e. The van der Waals surface area contributed by atoms with Crippen LogP contribution in [0.1, 0.15) is 65.2 Å². The third-order valence-electron chi connectivity index (χ3n) is 5.21. The molecule has 1 aliphatic carbocycles. The van der Waals surface area contributed by atoms with Crippen molar-refractivity contribution in [3.8, 4) is 0 Å². The van der Waals surface area contributed by atoms with E-state index in [1.54, 1.807) is 0 Å². The highest BCUT2D eigenvalue weighted by molar-refractivity contribution is 4.88. The standard InChI is InChI=1S/C17H34N2/c1-3-18-14-17(10-6-4-5-7-11-17)15-19-12-8-9-16(2)13-19/h16,18H,3-15H2,1-2H3. The molecule has 2 fully saturated rings. The van der Waals surface area contributed by atoms with Crippen LogP contribution in [-0.2, 0) is 0 Å². The van der Waals surface area contributed by atoms with Crippen molar-refractivity contribution >= 4 is 0 Å². The van der Waals surface area contributed by atoms with Crippen molar-refractivity contribution in [1.82, 2.24) is 10.2 Å². The van der Waals surface area contributed by atoms with Crippen LogP contribution in [0.4, 0.5) is 0 Å². The van der Waals surface area contributed by atoms with E-state index in [4.69, 9.17) is 0 Å². The Labute approximate surface area is 120 Å². The molecule has 1 heterocycles. The van der Waals surface area contributed by atoms with E-state index < -0.39 is 0 Å².